The number of aliphatic hydroxyl groups is 1. The molecule has 4 atom stereocenters. The molecule has 2 aromatic carbocycles. The molecule has 1 N–H and O–H groups in total. The van der Waals surface area contributed by atoms with Crippen molar-refractivity contribution < 1.29 is 28.9 Å². The molecule has 0 unspecified atom stereocenters. The van der Waals surface area contributed by atoms with Crippen LogP contribution in [-0.2, 0) is 14.2 Å². The lowest BCUT2D eigenvalue weighted by atomic mass is 10.1. The average molecular weight is 342 g/mol. The van der Waals surface area contributed by atoms with Gasteiger partial charge in [0.05, 0.1) is 17.2 Å². The van der Waals surface area contributed by atoms with Gasteiger partial charge in [-0.3, -0.25) is 0 Å². The average Bonchev–Trinajstić information content (AvgIpc) is 2.90. The number of rotatable bonds is 4. The molecule has 3 rings (SSSR count). The number of hydrogen-bond acceptors (Lipinski definition) is 6. The molecule has 6 nitrogen and oxygen atoms in total. The highest BCUT2D eigenvalue weighted by molar-refractivity contribution is 5.90. The third-order valence-corrected chi connectivity index (χ3v) is 3.93. The van der Waals surface area contributed by atoms with Crippen molar-refractivity contribution in [3.8, 4) is 0 Å². The Morgan fingerprint density at radius 3 is 1.76 bits per heavy atom. The van der Waals surface area contributed by atoms with Gasteiger partial charge in [-0.2, -0.15) is 0 Å². The van der Waals surface area contributed by atoms with Crippen molar-refractivity contribution in [2.24, 2.45) is 0 Å². The second-order valence-electron chi connectivity index (χ2n) is 5.70. The van der Waals surface area contributed by atoms with Gasteiger partial charge >= 0.3 is 11.9 Å². The van der Waals surface area contributed by atoms with E-state index in [1.165, 1.54) is 0 Å². The summed E-state index contributed by atoms with van der Waals surface area (Å²) in [4.78, 5) is 24.5. The van der Waals surface area contributed by atoms with Gasteiger partial charge in [0.15, 0.2) is 18.5 Å². The molecule has 0 aromatic heterocycles. The number of ether oxygens (including phenoxy) is 3. The van der Waals surface area contributed by atoms with Crippen LogP contribution in [-0.4, -0.2) is 41.6 Å². The maximum atomic E-state index is 12.3. The summed E-state index contributed by atoms with van der Waals surface area (Å²) in [5.41, 5.74) is 0.701. The van der Waals surface area contributed by atoms with Crippen LogP contribution in [0.15, 0.2) is 60.7 Å². The van der Waals surface area contributed by atoms with E-state index in [0.29, 0.717) is 11.1 Å². The van der Waals surface area contributed by atoms with Crippen molar-refractivity contribution in [2.45, 2.75) is 31.5 Å². The molecule has 130 valence electrons. The second-order valence-corrected chi connectivity index (χ2v) is 5.70. The standard InChI is InChI=1S/C19H18O6/c1-12-15(24-17(20)13-8-4-2-5-9-13)16(19(22)23-12)25-18(21)14-10-6-3-7-11-14/h2-12,15-16,19,22H,1H3/t12-,15+,16-,19+/m0/s1. The Morgan fingerprint density at radius 1 is 0.840 bits per heavy atom. The Balaban J connectivity index is 1.72. The van der Waals surface area contributed by atoms with Crippen LogP contribution in [0.1, 0.15) is 27.6 Å². The Kier molecular flexibility index (Phi) is 5.11. The number of carbonyl (C=O) groups excluding carboxylic acids is 2. The van der Waals surface area contributed by atoms with Gasteiger partial charge in [0, 0.05) is 0 Å². The molecule has 6 heteroatoms. The summed E-state index contributed by atoms with van der Waals surface area (Å²) < 4.78 is 16.0. The summed E-state index contributed by atoms with van der Waals surface area (Å²) in [7, 11) is 0. The third kappa shape index (κ3) is 3.87. The molecule has 0 bridgehead atoms. The first kappa shape index (κ1) is 17.1. The first-order valence-electron chi connectivity index (χ1n) is 7.92. The zero-order chi connectivity index (χ0) is 17.8. The molecule has 1 saturated heterocycles. The normalized spacial score (nSPS) is 25.4. The third-order valence-electron chi connectivity index (χ3n) is 3.93. The topological polar surface area (TPSA) is 82.1 Å². The molecular weight excluding hydrogens is 324 g/mol. The summed E-state index contributed by atoms with van der Waals surface area (Å²) in [6.45, 7) is 1.64. The van der Waals surface area contributed by atoms with E-state index >= 15 is 0 Å². The van der Waals surface area contributed by atoms with E-state index < -0.39 is 36.5 Å². The summed E-state index contributed by atoms with van der Waals surface area (Å²) in [6, 6.07) is 16.8. The first-order valence-corrected chi connectivity index (χ1v) is 7.92. The monoisotopic (exact) mass is 342 g/mol. The molecule has 0 aliphatic carbocycles. The van der Waals surface area contributed by atoms with Gasteiger partial charge < -0.3 is 19.3 Å². The Bertz CT molecular complexity index is 667. The molecular formula is C19H18O6. The van der Waals surface area contributed by atoms with Crippen LogP contribution in [0, 0.1) is 0 Å². The molecule has 0 saturated carbocycles. The molecule has 0 radical (unpaired) electrons. The fourth-order valence-corrected chi connectivity index (χ4v) is 2.62. The molecule has 1 fully saturated rings. The van der Waals surface area contributed by atoms with E-state index in [-0.39, 0.29) is 0 Å². The summed E-state index contributed by atoms with van der Waals surface area (Å²) in [6.07, 6.45) is -3.99. The van der Waals surface area contributed by atoms with Crippen molar-refractivity contribution in [1.82, 2.24) is 0 Å². The number of hydrogen-bond donors (Lipinski definition) is 1. The number of carbonyl (C=O) groups is 2. The molecule has 0 amide bonds. The summed E-state index contributed by atoms with van der Waals surface area (Å²) >= 11 is 0. The Morgan fingerprint density at radius 2 is 1.28 bits per heavy atom. The van der Waals surface area contributed by atoms with Crippen LogP contribution in [0.25, 0.3) is 0 Å². The number of aliphatic hydroxyl groups excluding tert-OH is 1. The van der Waals surface area contributed by atoms with E-state index in [9.17, 15) is 14.7 Å². The van der Waals surface area contributed by atoms with Crippen molar-refractivity contribution in [3.05, 3.63) is 71.8 Å². The Hall–Kier alpha value is -2.70. The highest BCUT2D eigenvalue weighted by Crippen LogP contribution is 2.27. The minimum atomic E-state index is -1.36. The minimum Gasteiger partial charge on any atom is -0.452 e. The van der Waals surface area contributed by atoms with Crippen molar-refractivity contribution in [2.75, 3.05) is 0 Å². The van der Waals surface area contributed by atoms with Gasteiger partial charge in [-0.25, -0.2) is 9.59 Å². The predicted molar refractivity (Wildman–Crippen MR) is 87.8 cm³/mol. The lowest BCUT2D eigenvalue weighted by Crippen LogP contribution is -2.39. The summed E-state index contributed by atoms with van der Waals surface area (Å²) in [5, 5.41) is 10.0. The molecule has 25 heavy (non-hydrogen) atoms. The lowest BCUT2D eigenvalue weighted by Gasteiger charge is -2.22. The highest BCUT2D eigenvalue weighted by Gasteiger charge is 2.47. The maximum absolute atomic E-state index is 12.3. The van der Waals surface area contributed by atoms with E-state index in [1.54, 1.807) is 67.6 Å². The van der Waals surface area contributed by atoms with E-state index in [2.05, 4.69) is 0 Å². The molecule has 2 aromatic rings. The van der Waals surface area contributed by atoms with Crippen molar-refractivity contribution in [1.29, 1.82) is 0 Å². The molecule has 1 aliphatic rings. The van der Waals surface area contributed by atoms with Crippen LogP contribution in [0.5, 0.6) is 0 Å². The lowest BCUT2D eigenvalue weighted by molar-refractivity contribution is -0.127. The van der Waals surface area contributed by atoms with E-state index in [4.69, 9.17) is 14.2 Å². The Labute approximate surface area is 144 Å². The van der Waals surface area contributed by atoms with Crippen molar-refractivity contribution >= 4 is 11.9 Å². The van der Waals surface area contributed by atoms with Gasteiger partial charge in [-0.15, -0.1) is 0 Å². The largest absolute Gasteiger partial charge is 0.452 e. The second kappa shape index (κ2) is 7.46. The van der Waals surface area contributed by atoms with Gasteiger partial charge in [0.25, 0.3) is 0 Å². The van der Waals surface area contributed by atoms with Crippen LogP contribution in [0.3, 0.4) is 0 Å². The van der Waals surface area contributed by atoms with Crippen LogP contribution in [0.4, 0.5) is 0 Å². The van der Waals surface area contributed by atoms with Crippen LogP contribution in [0.2, 0.25) is 0 Å². The molecule has 1 aliphatic heterocycles. The maximum Gasteiger partial charge on any atom is 0.338 e. The molecule has 1 heterocycles. The first-order chi connectivity index (χ1) is 12.1. The van der Waals surface area contributed by atoms with Gasteiger partial charge in [0.1, 0.15) is 0 Å². The fourth-order valence-electron chi connectivity index (χ4n) is 2.62. The minimum absolute atomic E-state index is 0.336. The fraction of sp³-hybridized carbons (Fsp3) is 0.263. The van der Waals surface area contributed by atoms with Gasteiger partial charge in [-0.05, 0) is 31.2 Å². The van der Waals surface area contributed by atoms with Crippen LogP contribution >= 0.6 is 0 Å². The van der Waals surface area contributed by atoms with E-state index in [1.807, 2.05) is 0 Å². The predicted octanol–water partition coefficient (Wildman–Crippen LogP) is 2.17. The van der Waals surface area contributed by atoms with Gasteiger partial charge in [-0.1, -0.05) is 36.4 Å². The number of esters is 2. The van der Waals surface area contributed by atoms with Gasteiger partial charge in [0.2, 0.25) is 0 Å². The van der Waals surface area contributed by atoms with Crippen molar-refractivity contribution in [3.63, 3.8) is 0 Å². The van der Waals surface area contributed by atoms with Crippen LogP contribution < -0.4 is 0 Å². The summed E-state index contributed by atoms with van der Waals surface area (Å²) in [5.74, 6) is -1.20. The highest BCUT2D eigenvalue weighted by atomic mass is 16.7. The zero-order valence-electron chi connectivity index (χ0n) is 13.6. The molecule has 0 spiro atoms. The number of benzene rings is 2. The van der Waals surface area contributed by atoms with E-state index in [0.717, 1.165) is 0 Å². The smallest absolute Gasteiger partial charge is 0.338 e. The SMILES string of the molecule is C[C@@H]1O[C@@H](O)[C@@H](OC(=O)c2ccccc2)[C@@H]1OC(=O)c1ccccc1. The zero-order valence-corrected chi connectivity index (χ0v) is 13.6. The quantitative estimate of drug-likeness (QED) is 0.858.